The molecule has 5 aliphatic rings. The van der Waals surface area contributed by atoms with E-state index in [-0.39, 0.29) is 42.5 Å². The summed E-state index contributed by atoms with van der Waals surface area (Å²) in [5.74, 6) is -1.25. The first-order valence-electron chi connectivity index (χ1n) is 14.1. The lowest BCUT2D eigenvalue weighted by atomic mass is 9.51. The lowest BCUT2D eigenvalue weighted by Gasteiger charge is -2.58. The molecule has 9 atom stereocenters. The van der Waals surface area contributed by atoms with Crippen LogP contribution >= 0.6 is 0 Å². The average Bonchev–Trinajstić information content (AvgIpc) is 3.59. The number of rotatable bonds is 5. The van der Waals surface area contributed by atoms with Crippen molar-refractivity contribution in [1.29, 1.82) is 0 Å². The van der Waals surface area contributed by atoms with Crippen LogP contribution in [0.5, 0.6) is 0 Å². The van der Waals surface area contributed by atoms with Crippen molar-refractivity contribution < 1.29 is 38.8 Å². The van der Waals surface area contributed by atoms with Gasteiger partial charge in [0.05, 0.1) is 18.3 Å². The van der Waals surface area contributed by atoms with Gasteiger partial charge in [0, 0.05) is 36.5 Å². The summed E-state index contributed by atoms with van der Waals surface area (Å²) in [6.45, 7) is 7.39. The summed E-state index contributed by atoms with van der Waals surface area (Å²) < 4.78 is 17.5. The van der Waals surface area contributed by atoms with Crippen molar-refractivity contribution in [2.75, 3.05) is 6.61 Å². The Balaban J connectivity index is 1.38. The zero-order valence-electron chi connectivity index (χ0n) is 23.0. The van der Waals surface area contributed by atoms with E-state index in [4.69, 9.17) is 14.2 Å². The molecule has 4 fully saturated rings. The molecule has 3 saturated carbocycles. The molecule has 1 aliphatic heterocycles. The van der Waals surface area contributed by atoms with Gasteiger partial charge in [-0.2, -0.15) is 0 Å². The van der Waals surface area contributed by atoms with Crippen LogP contribution in [-0.2, 0) is 35.0 Å². The number of aliphatic hydroxyl groups is 2. The maximum absolute atomic E-state index is 14.4. The molecule has 0 unspecified atom stereocenters. The van der Waals surface area contributed by atoms with Crippen molar-refractivity contribution in [1.82, 2.24) is 0 Å². The minimum Gasteiger partial charge on any atom is -0.456 e. The molecule has 6 rings (SSSR count). The molecule has 1 aromatic carbocycles. The summed E-state index contributed by atoms with van der Waals surface area (Å²) in [5, 5.41) is 23.1. The first kappa shape index (κ1) is 26.7. The maximum Gasteiger partial charge on any atom is 0.335 e. The van der Waals surface area contributed by atoms with E-state index in [2.05, 4.69) is 0 Å². The molecule has 8 heteroatoms. The molecule has 1 saturated heterocycles. The number of Topliss-reactive ketones (excluding diaryl/α,β-unsaturated/α-hetero) is 1. The molecular formula is C31H38O8. The Kier molecular flexibility index (Phi) is 6.14. The fraction of sp³-hybridized carbons (Fsp3) is 0.645. The summed E-state index contributed by atoms with van der Waals surface area (Å²) in [4.78, 5) is 39.8. The number of ether oxygens (including phenoxy) is 3. The number of hydrogen-bond donors (Lipinski definition) is 2. The van der Waals surface area contributed by atoms with Crippen molar-refractivity contribution in [2.24, 2.45) is 28.6 Å². The SMILES string of the molecule is CC(=O)O[C@H]1C(=O)[C@]23C[C@H]2C[C@H]2OC[C@H]2[C@H]3C[C@]2(O)C[C@H](OC(=O)[C@H](O)Cc3ccccc3)C(C)=C1C2(C)C. The number of benzene rings is 1. The average molecular weight is 539 g/mol. The number of esters is 2. The number of fused-ring (bicyclic) bond motifs is 4. The summed E-state index contributed by atoms with van der Waals surface area (Å²) in [5.41, 5.74) is -0.990. The maximum atomic E-state index is 14.4. The van der Waals surface area contributed by atoms with Gasteiger partial charge in [-0.3, -0.25) is 9.59 Å². The van der Waals surface area contributed by atoms with E-state index >= 15 is 0 Å². The van der Waals surface area contributed by atoms with Gasteiger partial charge in [-0.05, 0) is 54.7 Å². The zero-order valence-corrected chi connectivity index (χ0v) is 23.0. The largest absolute Gasteiger partial charge is 0.456 e. The van der Waals surface area contributed by atoms with Gasteiger partial charge in [-0.25, -0.2) is 4.79 Å². The van der Waals surface area contributed by atoms with Gasteiger partial charge in [0.1, 0.15) is 6.10 Å². The lowest BCUT2D eigenvalue weighted by molar-refractivity contribution is -0.208. The number of ketones is 1. The molecule has 0 aromatic heterocycles. The van der Waals surface area contributed by atoms with Gasteiger partial charge in [0.2, 0.25) is 0 Å². The standard InChI is InChI=1S/C31H38O8/c1-16-24(39-28(35)22(33)10-18-8-6-5-7-9-18)14-30(36)13-21-20-15-37-23(20)11-19-12-31(19,21)27(34)26(38-17(2)32)25(16)29(30,3)4/h5-9,19-24,26,33,36H,10-15H2,1-4H3/t19-,20+,21-,22-,23-,24+,26-,30+,31-/m1/s1. The van der Waals surface area contributed by atoms with Gasteiger partial charge in [-0.1, -0.05) is 44.2 Å². The highest BCUT2D eigenvalue weighted by Gasteiger charge is 2.75. The third-order valence-corrected chi connectivity index (χ3v) is 10.7. The van der Waals surface area contributed by atoms with Crippen LogP contribution < -0.4 is 0 Å². The van der Waals surface area contributed by atoms with Crippen LogP contribution in [0.3, 0.4) is 0 Å². The highest BCUT2D eigenvalue weighted by Crippen LogP contribution is 2.72. The second-order valence-electron chi connectivity index (χ2n) is 13.0. The smallest absolute Gasteiger partial charge is 0.335 e. The number of carbonyl (C=O) groups excluding carboxylic acids is 3. The Morgan fingerprint density at radius 1 is 1.13 bits per heavy atom. The topological polar surface area (TPSA) is 119 Å². The van der Waals surface area contributed by atoms with Crippen LogP contribution in [0.2, 0.25) is 0 Å². The molecule has 0 amide bonds. The van der Waals surface area contributed by atoms with E-state index in [1.807, 2.05) is 44.2 Å². The molecule has 4 aliphatic carbocycles. The van der Waals surface area contributed by atoms with Crippen LogP contribution in [0, 0.1) is 28.6 Å². The van der Waals surface area contributed by atoms with Crippen LogP contribution in [0.1, 0.15) is 58.9 Å². The van der Waals surface area contributed by atoms with E-state index in [0.29, 0.717) is 24.2 Å². The minimum absolute atomic E-state index is 0.0869. The molecule has 8 nitrogen and oxygen atoms in total. The van der Waals surface area contributed by atoms with E-state index in [0.717, 1.165) is 18.4 Å². The van der Waals surface area contributed by atoms with Crippen molar-refractivity contribution in [2.45, 2.75) is 89.8 Å². The predicted molar refractivity (Wildman–Crippen MR) is 139 cm³/mol. The van der Waals surface area contributed by atoms with E-state index in [1.54, 1.807) is 6.92 Å². The molecule has 1 spiro atoms. The van der Waals surface area contributed by atoms with Crippen LogP contribution in [0.25, 0.3) is 0 Å². The molecular weight excluding hydrogens is 500 g/mol. The van der Waals surface area contributed by atoms with Gasteiger partial charge in [0.25, 0.3) is 0 Å². The third kappa shape index (κ3) is 3.93. The van der Waals surface area contributed by atoms with E-state index in [9.17, 15) is 24.6 Å². The van der Waals surface area contributed by atoms with Gasteiger partial charge in [-0.15, -0.1) is 0 Å². The predicted octanol–water partition coefficient (Wildman–Crippen LogP) is 2.93. The highest BCUT2D eigenvalue weighted by molar-refractivity contribution is 5.97. The van der Waals surface area contributed by atoms with E-state index < -0.39 is 46.7 Å². The summed E-state index contributed by atoms with van der Waals surface area (Å²) in [6.07, 6.45) is -1.19. The van der Waals surface area contributed by atoms with Crippen molar-refractivity contribution in [3.8, 4) is 0 Å². The van der Waals surface area contributed by atoms with Gasteiger partial charge < -0.3 is 24.4 Å². The number of hydrogen-bond acceptors (Lipinski definition) is 8. The second kappa shape index (κ2) is 8.98. The zero-order chi connectivity index (χ0) is 27.9. The molecule has 2 N–H and O–H groups in total. The summed E-state index contributed by atoms with van der Waals surface area (Å²) in [6, 6.07) is 9.18. The third-order valence-electron chi connectivity index (χ3n) is 10.7. The number of carbonyl (C=O) groups is 3. The Bertz CT molecular complexity index is 1240. The van der Waals surface area contributed by atoms with Gasteiger partial charge in [0.15, 0.2) is 18.0 Å². The van der Waals surface area contributed by atoms with Crippen LogP contribution in [0.4, 0.5) is 0 Å². The van der Waals surface area contributed by atoms with Crippen LogP contribution in [-0.4, -0.2) is 64.6 Å². The fourth-order valence-corrected chi connectivity index (χ4v) is 8.33. The minimum atomic E-state index is -1.38. The van der Waals surface area contributed by atoms with Crippen molar-refractivity contribution >= 4 is 17.7 Å². The molecule has 1 heterocycles. The first-order chi connectivity index (χ1) is 18.4. The van der Waals surface area contributed by atoms with Crippen LogP contribution in [0.15, 0.2) is 41.5 Å². The summed E-state index contributed by atoms with van der Waals surface area (Å²) >= 11 is 0. The van der Waals surface area contributed by atoms with Crippen molar-refractivity contribution in [3.05, 3.63) is 47.0 Å². The monoisotopic (exact) mass is 538 g/mol. The molecule has 0 radical (unpaired) electrons. The molecule has 210 valence electrons. The Morgan fingerprint density at radius 2 is 1.85 bits per heavy atom. The second-order valence-corrected chi connectivity index (χ2v) is 13.0. The number of aliphatic hydroxyl groups excluding tert-OH is 1. The molecule has 1 aromatic rings. The fourth-order valence-electron chi connectivity index (χ4n) is 8.33. The summed E-state index contributed by atoms with van der Waals surface area (Å²) in [7, 11) is 0. The first-order valence-corrected chi connectivity index (χ1v) is 14.1. The van der Waals surface area contributed by atoms with Gasteiger partial charge >= 0.3 is 11.9 Å². The quantitative estimate of drug-likeness (QED) is 0.434. The molecule has 2 bridgehead atoms. The Hall–Kier alpha value is -2.55. The Labute approximate surface area is 228 Å². The lowest BCUT2D eigenvalue weighted by Crippen LogP contribution is -2.64. The van der Waals surface area contributed by atoms with E-state index in [1.165, 1.54) is 6.92 Å². The van der Waals surface area contributed by atoms with Crippen molar-refractivity contribution in [3.63, 3.8) is 0 Å². The normalized spacial score (nSPS) is 40.5. The molecule has 39 heavy (non-hydrogen) atoms. The Morgan fingerprint density at radius 3 is 2.49 bits per heavy atom. The highest BCUT2D eigenvalue weighted by atomic mass is 16.6.